The number of hydrogen-bond donors (Lipinski definition) is 1. The first-order chi connectivity index (χ1) is 12.0. The highest BCUT2D eigenvalue weighted by molar-refractivity contribution is 7.89. The van der Waals surface area contributed by atoms with E-state index in [0.29, 0.717) is 11.3 Å². The summed E-state index contributed by atoms with van der Waals surface area (Å²) in [7, 11) is -0.866. The number of amides is 1. The quantitative estimate of drug-likeness (QED) is 0.879. The monoisotopic (exact) mass is 380 g/mol. The molecular formula is C16H16N2O5S2. The van der Waals surface area contributed by atoms with Gasteiger partial charge in [-0.15, -0.1) is 11.3 Å². The lowest BCUT2D eigenvalue weighted by Crippen LogP contribution is -2.38. The van der Waals surface area contributed by atoms with Gasteiger partial charge in [0.15, 0.2) is 6.10 Å². The molecular weight excluding hydrogens is 364 g/mol. The molecule has 0 spiro atoms. The van der Waals surface area contributed by atoms with E-state index in [1.807, 2.05) is 0 Å². The Hall–Kier alpha value is -2.10. The van der Waals surface area contributed by atoms with E-state index in [1.54, 1.807) is 23.6 Å². The van der Waals surface area contributed by atoms with Crippen LogP contribution >= 0.6 is 11.3 Å². The average molecular weight is 380 g/mol. The molecule has 0 saturated carbocycles. The molecule has 2 heterocycles. The van der Waals surface area contributed by atoms with Crippen LogP contribution in [0.15, 0.2) is 40.6 Å². The van der Waals surface area contributed by atoms with E-state index in [1.165, 1.54) is 37.6 Å². The first kappa shape index (κ1) is 17.7. The van der Waals surface area contributed by atoms with Gasteiger partial charge in [-0.25, -0.2) is 13.2 Å². The summed E-state index contributed by atoms with van der Waals surface area (Å²) < 4.78 is 37.2. The fraction of sp³-hybridized carbons (Fsp3) is 0.250. The molecule has 2 aromatic rings. The number of rotatable bonds is 4. The second kappa shape index (κ2) is 7.03. The predicted molar refractivity (Wildman–Crippen MR) is 91.8 cm³/mol. The molecule has 9 heteroatoms. The number of carbonyl (C=O) groups excluding carboxylic acids is 1. The van der Waals surface area contributed by atoms with E-state index in [4.69, 9.17) is 9.47 Å². The third-order valence-electron chi connectivity index (χ3n) is 3.67. The van der Waals surface area contributed by atoms with Crippen LogP contribution in [0, 0.1) is 6.54 Å². The Morgan fingerprint density at radius 3 is 2.68 bits per heavy atom. The van der Waals surface area contributed by atoms with Gasteiger partial charge in [0.25, 0.3) is 0 Å². The summed E-state index contributed by atoms with van der Waals surface area (Å²) in [4.78, 5) is 12.5. The van der Waals surface area contributed by atoms with Crippen LogP contribution in [0.5, 0.6) is 5.75 Å². The maximum absolute atomic E-state index is 12.9. The summed E-state index contributed by atoms with van der Waals surface area (Å²) in [5, 5.41) is 4.18. The lowest BCUT2D eigenvalue weighted by molar-refractivity contribution is 0.0882. The minimum atomic E-state index is -3.82. The minimum absolute atomic E-state index is 0.0324. The van der Waals surface area contributed by atoms with E-state index in [0.717, 1.165) is 9.18 Å². The summed E-state index contributed by atoms with van der Waals surface area (Å²) >= 11 is 1.39. The van der Waals surface area contributed by atoms with Crippen LogP contribution in [0.4, 0.5) is 4.79 Å². The Morgan fingerprint density at radius 1 is 1.32 bits per heavy atom. The van der Waals surface area contributed by atoms with Gasteiger partial charge in [0, 0.05) is 7.05 Å². The highest BCUT2D eigenvalue weighted by Gasteiger charge is 2.36. The number of sulfonamides is 1. The Morgan fingerprint density at radius 2 is 2.04 bits per heavy atom. The second-order valence-electron chi connectivity index (χ2n) is 5.17. The number of benzene rings is 1. The van der Waals surface area contributed by atoms with Crippen LogP contribution < -0.4 is 10.1 Å². The molecule has 0 aliphatic carbocycles. The van der Waals surface area contributed by atoms with Crippen molar-refractivity contribution in [1.82, 2.24) is 9.62 Å². The topological polar surface area (TPSA) is 84.9 Å². The zero-order chi connectivity index (χ0) is 18.0. The van der Waals surface area contributed by atoms with Gasteiger partial charge >= 0.3 is 6.09 Å². The van der Waals surface area contributed by atoms with Crippen LogP contribution in [0.3, 0.4) is 0 Å². The standard InChI is InChI=1S/C16H16N2O5S2/c1-17-16(19)23-14-10-18(9-11-7-8-24-15(11)14)25(20,21)13-5-3-12(22-2)4-6-13/h3-8,14H,10H2,1-2H3,(H,17,19). The molecule has 0 saturated heterocycles. The number of thiophene rings is 1. The van der Waals surface area contributed by atoms with Gasteiger partial charge in [0.05, 0.1) is 23.4 Å². The molecule has 0 bridgehead atoms. The van der Waals surface area contributed by atoms with Crippen molar-refractivity contribution in [2.24, 2.45) is 0 Å². The molecule has 1 aliphatic heterocycles. The van der Waals surface area contributed by atoms with Crippen LogP contribution in [-0.2, 0) is 14.8 Å². The lowest BCUT2D eigenvalue weighted by atomic mass is 10.1. The largest absolute Gasteiger partial charge is 0.497 e. The van der Waals surface area contributed by atoms with Crippen molar-refractivity contribution >= 4 is 27.5 Å². The number of fused-ring (bicyclic) bond motifs is 1. The van der Waals surface area contributed by atoms with Gasteiger partial charge in [-0.1, -0.05) is 0 Å². The first-order valence-electron chi connectivity index (χ1n) is 7.35. The third kappa shape index (κ3) is 3.48. The van der Waals surface area contributed by atoms with Crippen molar-refractivity contribution in [3.63, 3.8) is 0 Å². The zero-order valence-corrected chi connectivity index (χ0v) is 15.2. The normalized spacial score (nSPS) is 17.6. The van der Waals surface area contributed by atoms with E-state index in [-0.39, 0.29) is 11.4 Å². The van der Waals surface area contributed by atoms with Crippen LogP contribution in [0.25, 0.3) is 0 Å². The molecule has 132 valence electrons. The van der Waals surface area contributed by atoms with E-state index in [9.17, 15) is 13.2 Å². The van der Waals surface area contributed by atoms with Crippen LogP contribution in [0.1, 0.15) is 16.5 Å². The number of nitrogens with zero attached hydrogens (tertiary/aromatic N) is 1. The molecule has 25 heavy (non-hydrogen) atoms. The van der Waals surface area contributed by atoms with Gasteiger partial charge in [-0.3, -0.25) is 0 Å². The fourth-order valence-corrected chi connectivity index (χ4v) is 4.54. The maximum Gasteiger partial charge on any atom is 0.407 e. The summed E-state index contributed by atoms with van der Waals surface area (Å²) in [5.74, 6) is 0.562. The molecule has 0 fully saturated rings. The Kier molecular flexibility index (Phi) is 4.98. The van der Waals surface area contributed by atoms with Crippen molar-refractivity contribution in [3.8, 4) is 5.75 Å². The van der Waals surface area contributed by atoms with Crippen molar-refractivity contribution in [2.75, 3.05) is 20.7 Å². The number of hydrogen-bond acceptors (Lipinski definition) is 6. The predicted octanol–water partition coefficient (Wildman–Crippen LogP) is 2.25. The summed E-state index contributed by atoms with van der Waals surface area (Å²) in [5.41, 5.74) is 0.599. The average Bonchev–Trinajstić information content (AvgIpc) is 3.10. The number of ether oxygens (including phenoxy) is 2. The summed E-state index contributed by atoms with van der Waals surface area (Å²) in [6.45, 7) is 2.85. The van der Waals surface area contributed by atoms with Gasteiger partial charge in [-0.2, -0.15) is 4.31 Å². The van der Waals surface area contributed by atoms with Crippen LogP contribution in [0.2, 0.25) is 0 Å². The smallest absolute Gasteiger partial charge is 0.407 e. The van der Waals surface area contributed by atoms with Gasteiger partial charge in [-0.05, 0) is 41.3 Å². The Labute approximate surface area is 150 Å². The first-order valence-corrected chi connectivity index (χ1v) is 9.67. The van der Waals surface area contributed by atoms with Gasteiger partial charge in [0.1, 0.15) is 12.3 Å². The SMILES string of the molecule is CNC(=O)OC1CN(S(=O)(=O)c2ccc(OC)cc2)[C]c2ccsc21. The van der Waals surface area contributed by atoms with E-state index in [2.05, 4.69) is 11.9 Å². The third-order valence-corrected chi connectivity index (χ3v) is 6.36. The molecule has 1 aromatic heterocycles. The highest BCUT2D eigenvalue weighted by atomic mass is 32.2. The van der Waals surface area contributed by atoms with Crippen LogP contribution in [-0.4, -0.2) is 39.5 Å². The zero-order valence-electron chi connectivity index (χ0n) is 13.6. The highest BCUT2D eigenvalue weighted by Crippen LogP contribution is 2.37. The molecule has 2 radical (unpaired) electrons. The van der Waals surface area contributed by atoms with Crippen molar-refractivity contribution in [1.29, 1.82) is 0 Å². The fourth-order valence-electron chi connectivity index (χ4n) is 2.39. The van der Waals surface area contributed by atoms with Gasteiger partial charge in [0.2, 0.25) is 10.0 Å². The maximum atomic E-state index is 12.9. The number of nitrogens with one attached hydrogen (secondary N) is 1. The lowest BCUT2D eigenvalue weighted by Gasteiger charge is -2.30. The number of alkyl carbamates (subject to hydrolysis) is 1. The molecule has 3 rings (SSSR count). The number of methoxy groups -OCH3 is 1. The number of carbonyl (C=O) groups is 1. The molecule has 1 N–H and O–H groups in total. The van der Waals surface area contributed by atoms with Crippen molar-refractivity contribution in [2.45, 2.75) is 11.0 Å². The molecule has 1 aliphatic rings. The molecule has 1 aromatic carbocycles. The van der Waals surface area contributed by atoms with Crippen molar-refractivity contribution in [3.05, 3.63) is 52.7 Å². The Bertz CT molecular complexity index is 861. The second-order valence-corrected chi connectivity index (χ2v) is 7.98. The summed E-state index contributed by atoms with van der Waals surface area (Å²) in [6.07, 6.45) is -1.31. The molecule has 7 nitrogen and oxygen atoms in total. The van der Waals surface area contributed by atoms with Gasteiger partial charge < -0.3 is 14.8 Å². The van der Waals surface area contributed by atoms with Crippen molar-refractivity contribution < 1.29 is 22.7 Å². The summed E-state index contributed by atoms with van der Waals surface area (Å²) in [6, 6.07) is 7.83. The Balaban J connectivity index is 1.90. The molecule has 1 atom stereocenters. The minimum Gasteiger partial charge on any atom is -0.497 e. The van der Waals surface area contributed by atoms with E-state index >= 15 is 0 Å². The molecule has 1 amide bonds. The van der Waals surface area contributed by atoms with E-state index < -0.39 is 22.2 Å². The molecule has 1 unspecified atom stereocenters.